The smallest absolute Gasteiger partial charge is 0.247 e. The Balaban J connectivity index is 1.76. The zero-order chi connectivity index (χ0) is 31.8. The van der Waals surface area contributed by atoms with E-state index in [4.69, 9.17) is 32.7 Å². The van der Waals surface area contributed by atoms with Gasteiger partial charge in [-0.15, -0.1) is 0 Å². The molecule has 0 aromatic heterocycles. The summed E-state index contributed by atoms with van der Waals surface area (Å²) in [5.41, 5.74) is 2.09. The summed E-state index contributed by atoms with van der Waals surface area (Å²) in [6.45, 7) is -0.173. The van der Waals surface area contributed by atoms with Crippen molar-refractivity contribution >= 4 is 63.9 Å². The number of carbonyl (C=O) groups excluding carboxylic acids is 3. The maximum atomic E-state index is 14.0. The molecule has 1 aliphatic carbocycles. The molecule has 44 heavy (non-hydrogen) atoms. The largest absolute Gasteiger partial charge is 0.493 e. The van der Waals surface area contributed by atoms with Gasteiger partial charge in [-0.3, -0.25) is 14.4 Å². The van der Waals surface area contributed by atoms with Crippen LogP contribution in [-0.4, -0.2) is 71.7 Å². The molecular weight excluding hydrogens is 722 g/mol. The van der Waals surface area contributed by atoms with Crippen LogP contribution in [0.25, 0.3) is 0 Å². The van der Waals surface area contributed by atoms with E-state index in [9.17, 15) is 24.6 Å². The van der Waals surface area contributed by atoms with Crippen molar-refractivity contribution in [3.63, 3.8) is 0 Å². The van der Waals surface area contributed by atoms with E-state index in [0.29, 0.717) is 31.0 Å². The number of hydrogen-bond acceptors (Lipinski definition) is 7. The first-order valence-electron chi connectivity index (χ1n) is 13.7. The average Bonchev–Trinajstić information content (AvgIpc) is 3.02. The minimum Gasteiger partial charge on any atom is -0.493 e. The monoisotopic (exact) mass is 752 g/mol. The summed E-state index contributed by atoms with van der Waals surface area (Å²) in [5, 5.41) is 24.4. The molecule has 0 saturated heterocycles. The van der Waals surface area contributed by atoms with E-state index in [-0.39, 0.29) is 55.5 Å². The number of rotatable bonds is 12. The van der Waals surface area contributed by atoms with Crippen molar-refractivity contribution in [2.24, 2.45) is 0 Å². The van der Waals surface area contributed by atoms with Crippen molar-refractivity contribution in [1.82, 2.24) is 10.2 Å². The number of ether oxygens (including phenoxy) is 2. The summed E-state index contributed by atoms with van der Waals surface area (Å²) in [5.74, 6) is -0.223. The van der Waals surface area contributed by atoms with Gasteiger partial charge in [-0.2, -0.15) is 0 Å². The molecular formula is C32H31Cl2IN2O7. The number of hydrogen-bond donors (Lipinski definition) is 3. The zero-order valence-corrected chi connectivity index (χ0v) is 27.4. The molecule has 0 saturated carbocycles. The second kappa shape index (κ2) is 15.7. The molecule has 3 N–H and O–H groups in total. The van der Waals surface area contributed by atoms with Crippen molar-refractivity contribution in [3.05, 3.63) is 103 Å². The molecule has 0 radical (unpaired) electrons. The third-order valence-electron chi connectivity index (χ3n) is 7.11. The van der Waals surface area contributed by atoms with Crippen LogP contribution in [0, 0.1) is 3.57 Å². The summed E-state index contributed by atoms with van der Waals surface area (Å²) in [6.07, 6.45) is -0.116. The lowest BCUT2D eigenvalue weighted by atomic mass is 9.87. The first-order chi connectivity index (χ1) is 21.1. The van der Waals surface area contributed by atoms with Gasteiger partial charge in [0.2, 0.25) is 11.8 Å². The quantitative estimate of drug-likeness (QED) is 0.183. The fourth-order valence-electron chi connectivity index (χ4n) is 4.93. The molecule has 3 atom stereocenters. The Bertz CT molecular complexity index is 1540. The standard InChI is InChI=1S/C32H31Cl2IN2O7/c1-43-28-13-21(18-39)12-25(35)31(28)44-27-16-22(32(42)36-9-10-38)15-26(30(27)41)37(17-20-7-8-23(33)24(34)11-20)29(40)14-19-5-3-2-4-6-19/h2-8,11-13,16,18,26-27,30,38,41H,9-10,14-15,17H2,1H3,(H,36,42)/t26-,27+,30+/m1/s1. The molecule has 0 unspecified atom stereocenters. The number of amides is 2. The fourth-order valence-corrected chi connectivity index (χ4v) is 6.01. The van der Waals surface area contributed by atoms with Crippen LogP contribution in [-0.2, 0) is 22.6 Å². The normalized spacial score (nSPS) is 17.8. The average molecular weight is 753 g/mol. The second-order valence-electron chi connectivity index (χ2n) is 10.1. The molecule has 0 bridgehead atoms. The Hall–Kier alpha value is -3.16. The molecule has 2 amide bonds. The predicted octanol–water partition coefficient (Wildman–Crippen LogP) is 4.61. The van der Waals surface area contributed by atoms with Gasteiger partial charge in [0, 0.05) is 30.6 Å². The molecule has 3 aromatic carbocycles. The summed E-state index contributed by atoms with van der Waals surface area (Å²) in [6, 6.07) is 16.4. The van der Waals surface area contributed by atoms with Gasteiger partial charge in [-0.05, 0) is 64.1 Å². The van der Waals surface area contributed by atoms with Gasteiger partial charge < -0.3 is 29.9 Å². The molecule has 0 heterocycles. The van der Waals surface area contributed by atoms with Gasteiger partial charge in [-0.25, -0.2) is 0 Å². The van der Waals surface area contributed by atoms with Gasteiger partial charge in [0.15, 0.2) is 11.5 Å². The van der Waals surface area contributed by atoms with Crippen molar-refractivity contribution < 1.29 is 34.1 Å². The van der Waals surface area contributed by atoms with Crippen LogP contribution in [0.1, 0.15) is 27.9 Å². The zero-order valence-electron chi connectivity index (χ0n) is 23.7. The van der Waals surface area contributed by atoms with E-state index in [1.807, 2.05) is 52.9 Å². The first kappa shape index (κ1) is 33.7. The van der Waals surface area contributed by atoms with Crippen LogP contribution in [0.4, 0.5) is 0 Å². The molecule has 12 heteroatoms. The molecule has 0 fully saturated rings. The summed E-state index contributed by atoms with van der Waals surface area (Å²) in [7, 11) is 1.43. The summed E-state index contributed by atoms with van der Waals surface area (Å²) < 4.78 is 12.3. The first-order valence-corrected chi connectivity index (χ1v) is 15.5. The highest BCUT2D eigenvalue weighted by Crippen LogP contribution is 2.37. The van der Waals surface area contributed by atoms with Gasteiger partial charge in [-0.1, -0.05) is 59.6 Å². The lowest BCUT2D eigenvalue weighted by molar-refractivity contribution is -0.138. The number of aliphatic hydroxyl groups excluding tert-OH is 2. The molecule has 9 nitrogen and oxygen atoms in total. The highest BCUT2D eigenvalue weighted by molar-refractivity contribution is 14.1. The number of benzene rings is 3. The van der Waals surface area contributed by atoms with E-state index in [1.54, 1.807) is 24.3 Å². The van der Waals surface area contributed by atoms with E-state index in [0.717, 1.165) is 5.56 Å². The Morgan fingerprint density at radius 1 is 1.09 bits per heavy atom. The highest BCUT2D eigenvalue weighted by Gasteiger charge is 2.41. The van der Waals surface area contributed by atoms with Crippen molar-refractivity contribution in [1.29, 1.82) is 0 Å². The maximum Gasteiger partial charge on any atom is 0.247 e. The third kappa shape index (κ3) is 8.30. The molecule has 1 aliphatic rings. The van der Waals surface area contributed by atoms with E-state index in [2.05, 4.69) is 5.32 Å². The molecule has 0 spiro atoms. The fraction of sp³-hybridized carbons (Fsp3) is 0.281. The maximum absolute atomic E-state index is 14.0. The number of aliphatic hydroxyl groups is 2. The van der Waals surface area contributed by atoms with E-state index >= 15 is 0 Å². The van der Waals surface area contributed by atoms with Gasteiger partial charge >= 0.3 is 0 Å². The van der Waals surface area contributed by atoms with Gasteiger partial charge in [0.25, 0.3) is 0 Å². The van der Waals surface area contributed by atoms with Crippen molar-refractivity contribution in [2.45, 2.75) is 37.6 Å². The Morgan fingerprint density at radius 2 is 1.84 bits per heavy atom. The summed E-state index contributed by atoms with van der Waals surface area (Å²) >= 11 is 14.4. The summed E-state index contributed by atoms with van der Waals surface area (Å²) in [4.78, 5) is 40.1. The number of nitrogens with zero attached hydrogens (tertiary/aromatic N) is 1. The molecule has 4 rings (SSSR count). The minimum absolute atomic E-state index is 0.0123. The number of methoxy groups -OCH3 is 1. The van der Waals surface area contributed by atoms with Crippen LogP contribution >= 0.6 is 45.8 Å². The number of carbonyl (C=O) groups is 3. The molecule has 232 valence electrons. The predicted molar refractivity (Wildman–Crippen MR) is 175 cm³/mol. The van der Waals surface area contributed by atoms with Crippen LogP contribution in [0.5, 0.6) is 11.5 Å². The van der Waals surface area contributed by atoms with Crippen molar-refractivity contribution in [3.8, 4) is 11.5 Å². The van der Waals surface area contributed by atoms with Crippen LogP contribution in [0.2, 0.25) is 10.0 Å². The van der Waals surface area contributed by atoms with Gasteiger partial charge in [0.05, 0.1) is 39.8 Å². The molecule has 0 aliphatic heterocycles. The molecule has 3 aromatic rings. The Kier molecular flexibility index (Phi) is 12.0. The number of nitrogens with one attached hydrogen (secondary N) is 1. The lowest BCUT2D eigenvalue weighted by Crippen LogP contribution is -2.55. The SMILES string of the molecule is COc1cc(C=O)cc(I)c1O[C@H]1C=C(C(=O)NCCO)C[C@@H](N(Cc2ccc(Cl)c(Cl)c2)C(=O)Cc2ccccc2)[C@@H]1O. The van der Waals surface area contributed by atoms with Crippen LogP contribution in [0.15, 0.2) is 72.3 Å². The Morgan fingerprint density at radius 3 is 2.50 bits per heavy atom. The minimum atomic E-state index is -1.28. The third-order valence-corrected chi connectivity index (χ3v) is 8.65. The lowest BCUT2D eigenvalue weighted by Gasteiger charge is -2.41. The van der Waals surface area contributed by atoms with Gasteiger partial charge in [0.1, 0.15) is 18.5 Å². The second-order valence-corrected chi connectivity index (χ2v) is 12.1. The van der Waals surface area contributed by atoms with Crippen molar-refractivity contribution in [2.75, 3.05) is 20.3 Å². The van der Waals surface area contributed by atoms with E-state index in [1.165, 1.54) is 24.2 Å². The number of aldehydes is 1. The van der Waals surface area contributed by atoms with E-state index < -0.39 is 24.2 Å². The highest BCUT2D eigenvalue weighted by atomic mass is 127. The Labute approximate surface area is 278 Å². The number of halogens is 3. The van der Waals surface area contributed by atoms with Crippen LogP contribution < -0.4 is 14.8 Å². The topological polar surface area (TPSA) is 125 Å². The van der Waals surface area contributed by atoms with Crippen LogP contribution in [0.3, 0.4) is 0 Å².